The zero-order chi connectivity index (χ0) is 13.1. The molecule has 0 radical (unpaired) electrons. The molecule has 0 unspecified atom stereocenters. The zero-order valence-electron chi connectivity index (χ0n) is 10.8. The number of hydrogen-bond donors (Lipinski definition) is 0. The van der Waals surface area contributed by atoms with E-state index in [4.69, 9.17) is 0 Å². The van der Waals surface area contributed by atoms with Crippen LogP contribution in [0, 0.1) is 0 Å². The molecule has 2 amide bonds. The molecule has 3 heteroatoms. The second kappa shape index (κ2) is 5.17. The summed E-state index contributed by atoms with van der Waals surface area (Å²) in [6.45, 7) is 4.19. The standard InChI is InChI=1S/C15H17NO2/c1-3-12-13(10-11-8-6-5-7-9-11)15(18)16(4-2)14(12)17/h5-9H,3-4,10H2,1-2H3. The van der Waals surface area contributed by atoms with E-state index in [1.807, 2.05) is 44.2 Å². The maximum absolute atomic E-state index is 12.2. The molecule has 1 aliphatic heterocycles. The van der Waals surface area contributed by atoms with Crippen molar-refractivity contribution in [2.75, 3.05) is 6.54 Å². The molecule has 0 atom stereocenters. The van der Waals surface area contributed by atoms with Crippen molar-refractivity contribution in [1.82, 2.24) is 4.90 Å². The first kappa shape index (κ1) is 12.6. The molecule has 0 bridgehead atoms. The van der Waals surface area contributed by atoms with E-state index in [-0.39, 0.29) is 11.8 Å². The average molecular weight is 243 g/mol. The van der Waals surface area contributed by atoms with Gasteiger partial charge in [0.05, 0.1) is 0 Å². The van der Waals surface area contributed by atoms with Crippen molar-refractivity contribution in [3.63, 3.8) is 0 Å². The minimum Gasteiger partial charge on any atom is -0.275 e. The summed E-state index contributed by atoms with van der Waals surface area (Å²) in [7, 11) is 0. The van der Waals surface area contributed by atoms with E-state index in [0.29, 0.717) is 30.5 Å². The van der Waals surface area contributed by atoms with Gasteiger partial charge in [0.15, 0.2) is 0 Å². The smallest absolute Gasteiger partial charge is 0.257 e. The molecule has 0 N–H and O–H groups in total. The van der Waals surface area contributed by atoms with Crippen molar-refractivity contribution in [3.8, 4) is 0 Å². The molecule has 1 aliphatic rings. The number of carbonyl (C=O) groups excluding carboxylic acids is 2. The molecule has 1 aromatic carbocycles. The minimum absolute atomic E-state index is 0.115. The van der Waals surface area contributed by atoms with Gasteiger partial charge in [-0.3, -0.25) is 14.5 Å². The van der Waals surface area contributed by atoms with Crippen LogP contribution in [0.15, 0.2) is 41.5 Å². The molecule has 0 aliphatic carbocycles. The number of amides is 2. The highest BCUT2D eigenvalue weighted by atomic mass is 16.2. The van der Waals surface area contributed by atoms with Gasteiger partial charge in [-0.15, -0.1) is 0 Å². The van der Waals surface area contributed by atoms with Crippen LogP contribution < -0.4 is 0 Å². The third kappa shape index (κ3) is 2.08. The highest BCUT2D eigenvalue weighted by Crippen LogP contribution is 2.25. The van der Waals surface area contributed by atoms with Crippen LogP contribution in [0.2, 0.25) is 0 Å². The first-order valence-corrected chi connectivity index (χ1v) is 6.31. The molecular formula is C15H17NO2. The van der Waals surface area contributed by atoms with Crippen LogP contribution in [0.4, 0.5) is 0 Å². The van der Waals surface area contributed by atoms with E-state index < -0.39 is 0 Å². The van der Waals surface area contributed by atoms with Crippen LogP contribution >= 0.6 is 0 Å². The molecule has 0 fully saturated rings. The fourth-order valence-electron chi connectivity index (χ4n) is 2.31. The van der Waals surface area contributed by atoms with Gasteiger partial charge >= 0.3 is 0 Å². The lowest BCUT2D eigenvalue weighted by atomic mass is 10.0. The Bertz CT molecular complexity index is 502. The van der Waals surface area contributed by atoms with Gasteiger partial charge in [0, 0.05) is 24.1 Å². The van der Waals surface area contributed by atoms with E-state index in [2.05, 4.69) is 0 Å². The number of nitrogens with zero attached hydrogens (tertiary/aromatic N) is 1. The Morgan fingerprint density at radius 3 is 2.11 bits per heavy atom. The van der Waals surface area contributed by atoms with Crippen LogP contribution in [-0.2, 0) is 16.0 Å². The lowest BCUT2D eigenvalue weighted by Crippen LogP contribution is -2.31. The van der Waals surface area contributed by atoms with Gasteiger partial charge in [-0.1, -0.05) is 37.3 Å². The summed E-state index contributed by atoms with van der Waals surface area (Å²) in [6.07, 6.45) is 1.16. The van der Waals surface area contributed by atoms with Crippen molar-refractivity contribution in [1.29, 1.82) is 0 Å². The lowest BCUT2D eigenvalue weighted by molar-refractivity contribution is -0.137. The topological polar surface area (TPSA) is 37.4 Å². The summed E-state index contributed by atoms with van der Waals surface area (Å²) in [5.74, 6) is -0.237. The Labute approximate surface area is 107 Å². The number of likely N-dealkylation sites (N-methyl/N-ethyl adjacent to an activating group) is 1. The first-order valence-electron chi connectivity index (χ1n) is 6.31. The fraction of sp³-hybridized carbons (Fsp3) is 0.333. The molecule has 0 aromatic heterocycles. The fourth-order valence-corrected chi connectivity index (χ4v) is 2.31. The molecule has 18 heavy (non-hydrogen) atoms. The van der Waals surface area contributed by atoms with Gasteiger partial charge in [0.2, 0.25) is 0 Å². The summed E-state index contributed by atoms with van der Waals surface area (Å²) >= 11 is 0. The van der Waals surface area contributed by atoms with Gasteiger partial charge in [0.25, 0.3) is 11.8 Å². The van der Waals surface area contributed by atoms with Gasteiger partial charge in [-0.2, -0.15) is 0 Å². The van der Waals surface area contributed by atoms with Crippen molar-refractivity contribution < 1.29 is 9.59 Å². The Morgan fingerprint density at radius 1 is 0.944 bits per heavy atom. The quantitative estimate of drug-likeness (QED) is 0.761. The van der Waals surface area contributed by atoms with Crippen molar-refractivity contribution in [2.24, 2.45) is 0 Å². The highest BCUT2D eigenvalue weighted by Gasteiger charge is 2.35. The summed E-state index contributed by atoms with van der Waals surface area (Å²) < 4.78 is 0. The Hall–Kier alpha value is -1.90. The van der Waals surface area contributed by atoms with Crippen LogP contribution in [0.1, 0.15) is 25.8 Å². The second-order valence-corrected chi connectivity index (χ2v) is 4.33. The average Bonchev–Trinajstić information content (AvgIpc) is 2.62. The largest absolute Gasteiger partial charge is 0.275 e. The number of imide groups is 1. The molecule has 1 aromatic rings. The Balaban J connectivity index is 2.32. The van der Waals surface area contributed by atoms with Crippen molar-refractivity contribution in [2.45, 2.75) is 26.7 Å². The van der Waals surface area contributed by atoms with E-state index in [0.717, 1.165) is 5.56 Å². The van der Waals surface area contributed by atoms with Crippen LogP contribution in [0.25, 0.3) is 0 Å². The molecule has 94 valence electrons. The second-order valence-electron chi connectivity index (χ2n) is 4.33. The third-order valence-corrected chi connectivity index (χ3v) is 3.26. The maximum Gasteiger partial charge on any atom is 0.257 e. The number of benzene rings is 1. The predicted molar refractivity (Wildman–Crippen MR) is 69.9 cm³/mol. The summed E-state index contributed by atoms with van der Waals surface area (Å²) in [4.78, 5) is 25.5. The molecule has 2 rings (SSSR count). The van der Waals surface area contributed by atoms with E-state index in [1.54, 1.807) is 0 Å². The Kier molecular flexibility index (Phi) is 3.60. The van der Waals surface area contributed by atoms with Crippen LogP contribution in [0.5, 0.6) is 0 Å². The van der Waals surface area contributed by atoms with Crippen molar-refractivity contribution in [3.05, 3.63) is 47.0 Å². The molecule has 0 saturated carbocycles. The van der Waals surface area contributed by atoms with Gasteiger partial charge in [0.1, 0.15) is 0 Å². The van der Waals surface area contributed by atoms with E-state index in [1.165, 1.54) is 4.90 Å². The van der Waals surface area contributed by atoms with Crippen molar-refractivity contribution >= 4 is 11.8 Å². The summed E-state index contributed by atoms with van der Waals surface area (Å²) in [6, 6.07) is 9.79. The SMILES string of the molecule is CCC1=C(Cc2ccccc2)C(=O)N(CC)C1=O. The maximum atomic E-state index is 12.2. The summed E-state index contributed by atoms with van der Waals surface area (Å²) in [5.41, 5.74) is 2.40. The monoisotopic (exact) mass is 243 g/mol. The van der Waals surface area contributed by atoms with Crippen LogP contribution in [-0.4, -0.2) is 23.3 Å². The number of carbonyl (C=O) groups is 2. The minimum atomic E-state index is -0.122. The van der Waals surface area contributed by atoms with Gasteiger partial charge in [-0.05, 0) is 18.9 Å². The van der Waals surface area contributed by atoms with Gasteiger partial charge in [-0.25, -0.2) is 0 Å². The first-order chi connectivity index (χ1) is 8.69. The number of hydrogen-bond acceptors (Lipinski definition) is 2. The summed E-state index contributed by atoms with van der Waals surface area (Å²) in [5, 5.41) is 0. The van der Waals surface area contributed by atoms with Crippen LogP contribution in [0.3, 0.4) is 0 Å². The number of rotatable bonds is 4. The highest BCUT2D eigenvalue weighted by molar-refractivity contribution is 6.19. The third-order valence-electron chi connectivity index (χ3n) is 3.26. The molecule has 3 nitrogen and oxygen atoms in total. The Morgan fingerprint density at radius 2 is 1.56 bits per heavy atom. The lowest BCUT2D eigenvalue weighted by Gasteiger charge is -2.11. The van der Waals surface area contributed by atoms with E-state index >= 15 is 0 Å². The predicted octanol–water partition coefficient (Wildman–Crippen LogP) is 2.32. The molecule has 0 saturated heterocycles. The normalized spacial score (nSPS) is 15.8. The van der Waals surface area contributed by atoms with E-state index in [9.17, 15) is 9.59 Å². The zero-order valence-corrected chi connectivity index (χ0v) is 10.8. The molecule has 1 heterocycles. The molecular weight excluding hydrogens is 226 g/mol. The molecule has 0 spiro atoms. The van der Waals surface area contributed by atoms with Gasteiger partial charge < -0.3 is 0 Å².